The van der Waals surface area contributed by atoms with Gasteiger partial charge in [0.15, 0.2) is 33.7 Å². The second-order valence-corrected chi connectivity index (χ2v) is 13.2. The Bertz CT molecular complexity index is 2060. The van der Waals surface area contributed by atoms with Crippen molar-refractivity contribution in [2.45, 2.75) is 37.8 Å². The highest BCUT2D eigenvalue weighted by molar-refractivity contribution is 8.00. The topological polar surface area (TPSA) is 306 Å². The number of rotatable bonds is 12. The zero-order chi connectivity index (χ0) is 37.4. The number of hydrogen-bond acceptors (Lipinski definition) is 17. The Morgan fingerprint density at radius 1 is 1.08 bits per heavy atom. The quantitative estimate of drug-likeness (QED) is 0.0422. The number of phenols is 2. The van der Waals surface area contributed by atoms with Crippen molar-refractivity contribution in [2.24, 2.45) is 5.16 Å². The minimum absolute atomic E-state index is 0.0243. The lowest BCUT2D eigenvalue weighted by molar-refractivity contribution is -0.161. The number of hydrogen-bond donors (Lipinski definition) is 7. The van der Waals surface area contributed by atoms with E-state index < -0.39 is 93.5 Å². The second-order valence-electron chi connectivity index (χ2n) is 11.2. The molecule has 0 bridgehead atoms. The molecule has 3 amide bonds. The van der Waals surface area contributed by atoms with Crippen molar-refractivity contribution in [3.63, 3.8) is 0 Å². The molecule has 1 fully saturated rings. The summed E-state index contributed by atoms with van der Waals surface area (Å²) >= 11 is 2.04. The number of carboxylic acid groups (broad SMARTS) is 2. The fourth-order valence-electron chi connectivity index (χ4n) is 4.68. The number of thioether (sulfide) groups is 1. The molecule has 5 rings (SSSR count). The number of aromatic nitrogens is 3. The summed E-state index contributed by atoms with van der Waals surface area (Å²) in [5.74, 6) is -7.75. The van der Waals surface area contributed by atoms with Gasteiger partial charge in [-0.25, -0.2) is 29.3 Å². The van der Waals surface area contributed by atoms with E-state index >= 15 is 0 Å². The van der Waals surface area contributed by atoms with Crippen LogP contribution in [0.25, 0.3) is 11.0 Å². The van der Waals surface area contributed by atoms with Crippen LogP contribution in [0.2, 0.25) is 0 Å². The number of nitrogens with one attached hydrogen (secondary N) is 2. The highest BCUT2D eigenvalue weighted by atomic mass is 32.2. The summed E-state index contributed by atoms with van der Waals surface area (Å²) in [6, 6.07) is 0.831. The number of nitrogen functional groups attached to an aromatic ring is 1. The van der Waals surface area contributed by atoms with Crippen molar-refractivity contribution >= 4 is 80.6 Å². The number of phenolic OH excluding ortho intramolecular Hbond substituents is 2. The van der Waals surface area contributed by atoms with Crippen molar-refractivity contribution < 1.29 is 58.8 Å². The van der Waals surface area contributed by atoms with E-state index in [1.807, 2.05) is 0 Å². The first-order valence-electron chi connectivity index (χ1n) is 14.6. The molecule has 1 saturated heterocycles. The van der Waals surface area contributed by atoms with Crippen LogP contribution in [0.4, 0.5) is 5.13 Å². The number of anilines is 1. The standard InChI is InChI=1S/C29H28N8O12S2/c1-4-48-26(45)18-17(32-11-5-14(38)15(39)6-12(11)33-18)21(40)31-7-10-8-50-24-19(23(42)37(24)20(10)25(43)44)35-22(41)16(13-9-51-28(30)34-13)36-49-29(2,3)27(46)47/h5-6,9,19,24,38-39H,4,7-8H2,1-3H3,(H2,30,34)(H,31,40)(H,35,41)(H,43,44)(H,46,47)/b36-16-/t19-,24?/m1/s1. The van der Waals surface area contributed by atoms with Gasteiger partial charge in [0, 0.05) is 29.8 Å². The van der Waals surface area contributed by atoms with Crippen LogP contribution in [0, 0.1) is 0 Å². The maximum absolute atomic E-state index is 13.3. The van der Waals surface area contributed by atoms with Crippen LogP contribution in [-0.2, 0) is 28.8 Å². The molecule has 4 heterocycles. The van der Waals surface area contributed by atoms with E-state index in [0.29, 0.717) is 0 Å². The van der Waals surface area contributed by atoms with E-state index in [4.69, 9.17) is 15.3 Å². The lowest BCUT2D eigenvalue weighted by Crippen LogP contribution is -2.71. The highest BCUT2D eigenvalue weighted by Gasteiger charge is 2.54. The molecule has 2 aliphatic heterocycles. The van der Waals surface area contributed by atoms with Gasteiger partial charge in [0.05, 0.1) is 17.6 Å². The predicted octanol–water partition coefficient (Wildman–Crippen LogP) is 0.00890. The number of amides is 3. The van der Waals surface area contributed by atoms with Gasteiger partial charge in [-0.1, -0.05) is 5.16 Å². The number of aliphatic carboxylic acids is 2. The lowest BCUT2D eigenvalue weighted by Gasteiger charge is -2.49. The number of nitrogens with zero attached hydrogens (tertiary/aromatic N) is 5. The van der Waals surface area contributed by atoms with Crippen molar-refractivity contribution in [3.05, 3.63) is 45.9 Å². The molecule has 2 atom stereocenters. The van der Waals surface area contributed by atoms with Crippen LogP contribution in [0.15, 0.2) is 33.9 Å². The van der Waals surface area contributed by atoms with Crippen LogP contribution in [0.5, 0.6) is 11.5 Å². The molecule has 0 saturated carbocycles. The van der Waals surface area contributed by atoms with E-state index in [-0.39, 0.29) is 39.8 Å². The van der Waals surface area contributed by atoms with Gasteiger partial charge in [0.25, 0.3) is 17.7 Å². The third-order valence-electron chi connectivity index (χ3n) is 7.30. The lowest BCUT2D eigenvalue weighted by atomic mass is 10.0. The first kappa shape index (κ1) is 36.3. The summed E-state index contributed by atoms with van der Waals surface area (Å²) in [4.78, 5) is 94.7. The number of esters is 1. The van der Waals surface area contributed by atoms with Crippen molar-refractivity contribution in [1.82, 2.24) is 30.5 Å². The van der Waals surface area contributed by atoms with Crippen LogP contribution < -0.4 is 16.4 Å². The monoisotopic (exact) mass is 744 g/mol. The number of aromatic hydroxyl groups is 2. The molecule has 3 aromatic rings. The van der Waals surface area contributed by atoms with E-state index in [1.165, 1.54) is 26.2 Å². The normalized spacial score (nSPS) is 17.4. The number of carbonyl (C=O) groups excluding carboxylic acids is 4. The number of ether oxygens (including phenoxy) is 1. The highest BCUT2D eigenvalue weighted by Crippen LogP contribution is 2.40. The van der Waals surface area contributed by atoms with Crippen LogP contribution in [0.3, 0.4) is 0 Å². The van der Waals surface area contributed by atoms with E-state index in [1.54, 1.807) is 0 Å². The van der Waals surface area contributed by atoms with Gasteiger partial charge in [0.2, 0.25) is 5.60 Å². The SMILES string of the molecule is CCOC(=O)c1nc2cc(O)c(O)cc2nc1C(=O)NCC1=C(C(=O)O)N2C(=O)[C@@H](NC(=O)/C(=N\OC(C)(C)C(=O)O)c3csc(N)n3)C2SC1. The molecule has 1 unspecified atom stereocenters. The minimum atomic E-state index is -1.84. The van der Waals surface area contributed by atoms with Gasteiger partial charge >= 0.3 is 17.9 Å². The smallest absolute Gasteiger partial charge is 0.359 e. The van der Waals surface area contributed by atoms with Gasteiger partial charge in [-0.05, 0) is 26.3 Å². The van der Waals surface area contributed by atoms with Crippen LogP contribution in [-0.4, -0.2) is 118 Å². The molecule has 2 aliphatic rings. The van der Waals surface area contributed by atoms with Gasteiger partial charge in [-0.15, -0.1) is 23.1 Å². The largest absolute Gasteiger partial charge is 0.504 e. The molecule has 0 spiro atoms. The van der Waals surface area contributed by atoms with Crippen LogP contribution >= 0.6 is 23.1 Å². The fourth-order valence-corrected chi connectivity index (χ4v) is 6.57. The summed E-state index contributed by atoms with van der Waals surface area (Å²) in [6.45, 7) is 3.44. The summed E-state index contributed by atoms with van der Waals surface area (Å²) < 4.78 is 4.98. The van der Waals surface area contributed by atoms with Gasteiger partial charge < -0.3 is 46.4 Å². The third kappa shape index (κ3) is 7.17. The van der Waals surface area contributed by atoms with E-state index in [2.05, 4.69) is 30.7 Å². The Labute approximate surface area is 294 Å². The summed E-state index contributed by atoms with van der Waals surface area (Å²) in [7, 11) is 0. The number of benzene rings is 1. The van der Waals surface area contributed by atoms with Crippen LogP contribution in [0.1, 0.15) is 47.4 Å². The average Bonchev–Trinajstić information content (AvgIpc) is 3.50. The van der Waals surface area contributed by atoms with E-state index in [0.717, 1.165) is 40.1 Å². The summed E-state index contributed by atoms with van der Waals surface area (Å²) in [6.07, 6.45) is 0. The number of carboxylic acids is 2. The fraction of sp³-hybridized carbons (Fsp3) is 0.310. The Hall–Kier alpha value is -6.03. The number of carbonyl (C=O) groups is 6. The molecular formula is C29H28N8O12S2. The Morgan fingerprint density at radius 3 is 2.29 bits per heavy atom. The molecular weight excluding hydrogens is 716 g/mol. The van der Waals surface area contributed by atoms with E-state index in [9.17, 15) is 49.2 Å². The minimum Gasteiger partial charge on any atom is -0.504 e. The molecule has 2 aromatic heterocycles. The number of thiazole rings is 1. The molecule has 51 heavy (non-hydrogen) atoms. The summed E-state index contributed by atoms with van der Waals surface area (Å²) in [5, 5.41) is 48.3. The zero-order valence-corrected chi connectivity index (χ0v) is 28.3. The number of β-lactam (4-membered cyclic amide) rings is 1. The summed E-state index contributed by atoms with van der Waals surface area (Å²) in [5.41, 5.74) is 1.87. The Balaban J connectivity index is 1.36. The predicted molar refractivity (Wildman–Crippen MR) is 177 cm³/mol. The Kier molecular flexibility index (Phi) is 10.0. The number of nitrogens with two attached hydrogens (primary N) is 1. The van der Waals surface area contributed by atoms with Crippen molar-refractivity contribution in [1.29, 1.82) is 0 Å². The molecule has 8 N–H and O–H groups in total. The Morgan fingerprint density at radius 2 is 1.73 bits per heavy atom. The number of oxime groups is 1. The van der Waals surface area contributed by atoms with Gasteiger partial charge in [0.1, 0.15) is 22.8 Å². The molecule has 22 heteroatoms. The van der Waals surface area contributed by atoms with Crippen molar-refractivity contribution in [2.75, 3.05) is 24.6 Å². The van der Waals surface area contributed by atoms with Gasteiger partial charge in [-0.2, -0.15) is 0 Å². The maximum Gasteiger partial charge on any atom is 0.359 e. The molecule has 20 nitrogen and oxygen atoms in total. The second kappa shape index (κ2) is 14.1. The maximum atomic E-state index is 13.3. The first-order valence-corrected chi connectivity index (χ1v) is 16.6. The molecule has 1 aromatic carbocycles. The zero-order valence-electron chi connectivity index (χ0n) is 26.7. The van der Waals surface area contributed by atoms with Crippen molar-refractivity contribution in [3.8, 4) is 11.5 Å². The molecule has 268 valence electrons. The first-order chi connectivity index (χ1) is 24.0. The van der Waals surface area contributed by atoms with Gasteiger partial charge in [-0.3, -0.25) is 19.3 Å². The molecule has 0 radical (unpaired) electrons. The molecule has 0 aliphatic carbocycles. The third-order valence-corrected chi connectivity index (χ3v) is 9.32. The average molecular weight is 745 g/mol. The number of fused-ring (bicyclic) bond motifs is 2.